The number of nitrogens with zero attached hydrogens (tertiary/aromatic N) is 2. The first-order chi connectivity index (χ1) is 7.65. The van der Waals surface area contributed by atoms with Crippen LogP contribution in [0.4, 0.5) is 0 Å². The summed E-state index contributed by atoms with van der Waals surface area (Å²) in [7, 11) is 0. The normalized spacial score (nSPS) is 10.2. The highest BCUT2D eigenvalue weighted by Crippen LogP contribution is 2.30. The molecule has 0 aliphatic carbocycles. The number of aromatic nitrogens is 2. The van der Waals surface area contributed by atoms with Gasteiger partial charge in [-0.3, -0.25) is 0 Å². The molecule has 0 aliphatic rings. The Hall–Kier alpha value is -0.840. The molecule has 0 fully saturated rings. The molecule has 16 heavy (non-hydrogen) atoms. The number of hydrogen-bond donors (Lipinski definition) is 0. The van der Waals surface area contributed by atoms with Crippen molar-refractivity contribution in [3.8, 4) is 11.6 Å². The lowest BCUT2D eigenvalue weighted by atomic mass is 10.3. The lowest BCUT2D eigenvalue weighted by Crippen LogP contribution is -1.90. The molecular formula is C10H5BrCl2N2O. The fraction of sp³-hybridized carbons (Fsp3) is 0. The van der Waals surface area contributed by atoms with Crippen LogP contribution in [0.25, 0.3) is 0 Å². The third kappa shape index (κ3) is 2.84. The summed E-state index contributed by atoms with van der Waals surface area (Å²) in [5.41, 5.74) is 0. The van der Waals surface area contributed by atoms with Crippen molar-refractivity contribution >= 4 is 39.1 Å². The molecule has 2 rings (SSSR count). The summed E-state index contributed by atoms with van der Waals surface area (Å²) in [6.45, 7) is 0. The predicted molar refractivity (Wildman–Crippen MR) is 66.3 cm³/mol. The molecule has 1 aromatic heterocycles. The Labute approximate surface area is 110 Å². The standard InChI is InChI=1S/C10H5BrCl2N2O/c11-7-5-6(12)1-2-8(7)16-10-4-3-9(13)14-15-10/h1-5H. The molecule has 0 saturated carbocycles. The van der Waals surface area contributed by atoms with Gasteiger partial charge in [0.2, 0.25) is 5.88 Å². The third-order valence-corrected chi connectivity index (χ3v) is 2.77. The molecule has 1 heterocycles. The Bertz CT molecular complexity index is 505. The summed E-state index contributed by atoms with van der Waals surface area (Å²) in [4.78, 5) is 0. The molecule has 3 nitrogen and oxygen atoms in total. The van der Waals surface area contributed by atoms with Crippen LogP contribution in [0.2, 0.25) is 10.2 Å². The van der Waals surface area contributed by atoms with Crippen LogP contribution >= 0.6 is 39.1 Å². The van der Waals surface area contributed by atoms with Gasteiger partial charge in [-0.2, -0.15) is 0 Å². The lowest BCUT2D eigenvalue weighted by molar-refractivity contribution is 0.452. The van der Waals surface area contributed by atoms with Gasteiger partial charge >= 0.3 is 0 Å². The smallest absolute Gasteiger partial charge is 0.238 e. The highest BCUT2D eigenvalue weighted by atomic mass is 79.9. The number of hydrogen-bond acceptors (Lipinski definition) is 3. The number of ether oxygens (including phenoxy) is 1. The second-order valence-electron chi connectivity index (χ2n) is 2.87. The maximum Gasteiger partial charge on any atom is 0.238 e. The van der Waals surface area contributed by atoms with E-state index in [4.69, 9.17) is 27.9 Å². The minimum atomic E-state index is 0.322. The Morgan fingerprint density at radius 1 is 1.06 bits per heavy atom. The molecule has 0 amide bonds. The third-order valence-electron chi connectivity index (χ3n) is 1.72. The van der Waals surface area contributed by atoms with Gasteiger partial charge in [-0.15, -0.1) is 10.2 Å². The molecule has 0 atom stereocenters. The summed E-state index contributed by atoms with van der Waals surface area (Å²) >= 11 is 14.8. The Kier molecular flexibility index (Phi) is 3.63. The van der Waals surface area contributed by atoms with Gasteiger partial charge < -0.3 is 4.74 Å². The molecule has 2 aromatic rings. The van der Waals surface area contributed by atoms with Crippen molar-refractivity contribution in [3.63, 3.8) is 0 Å². The van der Waals surface area contributed by atoms with E-state index in [1.54, 1.807) is 30.3 Å². The molecule has 0 saturated heterocycles. The molecular weight excluding hydrogens is 315 g/mol. The summed E-state index contributed by atoms with van der Waals surface area (Å²) in [5, 5.41) is 8.40. The zero-order valence-electron chi connectivity index (χ0n) is 7.82. The van der Waals surface area contributed by atoms with E-state index in [9.17, 15) is 0 Å². The van der Waals surface area contributed by atoms with E-state index in [2.05, 4.69) is 26.1 Å². The predicted octanol–water partition coefficient (Wildman–Crippen LogP) is 4.34. The van der Waals surface area contributed by atoms with Gasteiger partial charge in [0.05, 0.1) is 4.47 Å². The minimum absolute atomic E-state index is 0.322. The quantitative estimate of drug-likeness (QED) is 0.826. The van der Waals surface area contributed by atoms with Crippen molar-refractivity contribution in [3.05, 3.63) is 45.0 Å². The Morgan fingerprint density at radius 3 is 2.50 bits per heavy atom. The first-order valence-corrected chi connectivity index (χ1v) is 5.82. The van der Waals surface area contributed by atoms with Crippen LogP contribution in [0.15, 0.2) is 34.8 Å². The van der Waals surface area contributed by atoms with Gasteiger partial charge in [0.1, 0.15) is 5.75 Å². The minimum Gasteiger partial charge on any atom is -0.436 e. The van der Waals surface area contributed by atoms with Crippen LogP contribution in [-0.2, 0) is 0 Å². The first kappa shape index (κ1) is 11.6. The van der Waals surface area contributed by atoms with E-state index < -0.39 is 0 Å². The molecule has 0 N–H and O–H groups in total. The van der Waals surface area contributed by atoms with Crippen molar-refractivity contribution < 1.29 is 4.74 Å². The Morgan fingerprint density at radius 2 is 1.88 bits per heavy atom. The molecule has 0 radical (unpaired) electrons. The average Bonchev–Trinajstić information content (AvgIpc) is 2.25. The molecule has 0 bridgehead atoms. The fourth-order valence-electron chi connectivity index (χ4n) is 1.03. The molecule has 0 aliphatic heterocycles. The highest BCUT2D eigenvalue weighted by molar-refractivity contribution is 9.10. The molecule has 82 valence electrons. The summed E-state index contributed by atoms with van der Waals surface area (Å²) in [5.74, 6) is 0.980. The average molecular weight is 320 g/mol. The van der Waals surface area contributed by atoms with E-state index >= 15 is 0 Å². The van der Waals surface area contributed by atoms with Crippen molar-refractivity contribution in [1.82, 2.24) is 10.2 Å². The van der Waals surface area contributed by atoms with E-state index in [1.807, 2.05) is 0 Å². The topological polar surface area (TPSA) is 35.0 Å². The van der Waals surface area contributed by atoms with Crippen molar-refractivity contribution in [1.29, 1.82) is 0 Å². The van der Waals surface area contributed by atoms with Crippen LogP contribution in [0.1, 0.15) is 0 Å². The van der Waals surface area contributed by atoms with Crippen LogP contribution in [0.3, 0.4) is 0 Å². The number of rotatable bonds is 2. The van der Waals surface area contributed by atoms with Gasteiger partial charge in [0, 0.05) is 11.1 Å². The maximum atomic E-state index is 5.81. The van der Waals surface area contributed by atoms with E-state index in [0.717, 1.165) is 4.47 Å². The lowest BCUT2D eigenvalue weighted by Gasteiger charge is -2.05. The van der Waals surface area contributed by atoms with Crippen LogP contribution < -0.4 is 4.74 Å². The molecule has 6 heteroatoms. The fourth-order valence-corrected chi connectivity index (χ4v) is 1.89. The van der Waals surface area contributed by atoms with Crippen molar-refractivity contribution in [2.45, 2.75) is 0 Å². The van der Waals surface area contributed by atoms with Crippen molar-refractivity contribution in [2.24, 2.45) is 0 Å². The second kappa shape index (κ2) is 4.99. The highest BCUT2D eigenvalue weighted by Gasteiger charge is 2.04. The zero-order valence-corrected chi connectivity index (χ0v) is 10.9. The molecule has 0 unspecified atom stereocenters. The maximum absolute atomic E-state index is 5.81. The Balaban J connectivity index is 2.23. The van der Waals surface area contributed by atoms with Gasteiger partial charge in [0.15, 0.2) is 5.15 Å². The SMILES string of the molecule is Clc1ccc(Oc2ccc(Cl)nn2)c(Br)c1. The van der Waals surface area contributed by atoms with Gasteiger partial charge in [-0.05, 0) is 40.2 Å². The van der Waals surface area contributed by atoms with Gasteiger partial charge in [-0.1, -0.05) is 23.2 Å². The van der Waals surface area contributed by atoms with E-state index in [1.165, 1.54) is 0 Å². The van der Waals surface area contributed by atoms with E-state index in [-0.39, 0.29) is 0 Å². The summed E-state index contributed by atoms with van der Waals surface area (Å²) < 4.78 is 6.23. The second-order valence-corrected chi connectivity index (χ2v) is 4.55. The monoisotopic (exact) mass is 318 g/mol. The summed E-state index contributed by atoms with van der Waals surface area (Å²) in [6.07, 6.45) is 0. The van der Waals surface area contributed by atoms with E-state index in [0.29, 0.717) is 21.8 Å². The van der Waals surface area contributed by atoms with Gasteiger partial charge in [-0.25, -0.2) is 0 Å². The summed E-state index contributed by atoms with van der Waals surface area (Å²) in [6, 6.07) is 8.44. The van der Waals surface area contributed by atoms with Crippen LogP contribution in [0.5, 0.6) is 11.6 Å². The molecule has 0 spiro atoms. The van der Waals surface area contributed by atoms with Crippen LogP contribution in [0, 0.1) is 0 Å². The van der Waals surface area contributed by atoms with Crippen molar-refractivity contribution in [2.75, 3.05) is 0 Å². The van der Waals surface area contributed by atoms with Gasteiger partial charge in [0.25, 0.3) is 0 Å². The first-order valence-electron chi connectivity index (χ1n) is 4.27. The van der Waals surface area contributed by atoms with Crippen LogP contribution in [-0.4, -0.2) is 10.2 Å². The largest absolute Gasteiger partial charge is 0.436 e. The zero-order chi connectivity index (χ0) is 11.5. The number of halogens is 3. The molecule has 1 aromatic carbocycles. The number of benzene rings is 1.